The molecule has 2 aliphatic rings. The van der Waals surface area contributed by atoms with Crippen molar-refractivity contribution in [3.63, 3.8) is 0 Å². The van der Waals surface area contributed by atoms with E-state index in [9.17, 15) is 14.7 Å². The molecule has 2 rings (SSSR count). The highest BCUT2D eigenvalue weighted by Crippen LogP contribution is 2.48. The Morgan fingerprint density at radius 2 is 1.94 bits per heavy atom. The van der Waals surface area contributed by atoms with E-state index in [2.05, 4.69) is 12.2 Å². The molecule has 1 saturated carbocycles. The fourth-order valence-corrected chi connectivity index (χ4v) is 3.02. The first-order valence-electron chi connectivity index (χ1n) is 6.34. The van der Waals surface area contributed by atoms with Gasteiger partial charge in [-0.05, 0) is 24.7 Å². The van der Waals surface area contributed by atoms with E-state index in [0.29, 0.717) is 6.54 Å². The van der Waals surface area contributed by atoms with Gasteiger partial charge >= 0.3 is 5.97 Å². The molecule has 2 N–H and O–H groups in total. The second-order valence-electron chi connectivity index (χ2n) is 4.98. The standard InChI is InChI=1S/C13H19NO3/c1-2-3-6-14-12(15)10-8-4-5-9(7-8)11(10)13(16)17/h4-5,8-11H,2-3,6-7H2,1H3,(H,14,15)(H,16,17)/t8-,9-,10-,11-/m0/s1. The number of hydrogen-bond acceptors (Lipinski definition) is 2. The second kappa shape index (κ2) is 4.90. The Morgan fingerprint density at radius 3 is 2.53 bits per heavy atom. The maximum atomic E-state index is 12.0. The smallest absolute Gasteiger partial charge is 0.307 e. The SMILES string of the molecule is CCCCNC(=O)[C@@H]1[C@@H](C(=O)O)[C@H]2C=C[C@H]1C2. The summed E-state index contributed by atoms with van der Waals surface area (Å²) in [4.78, 5) is 23.2. The third-order valence-electron chi connectivity index (χ3n) is 3.88. The van der Waals surface area contributed by atoms with Crippen molar-refractivity contribution in [2.75, 3.05) is 6.54 Å². The normalized spacial score (nSPS) is 33.9. The minimum absolute atomic E-state index is 0.0550. The molecule has 4 nitrogen and oxygen atoms in total. The monoisotopic (exact) mass is 237 g/mol. The Bertz CT molecular complexity index is 351. The molecule has 2 bridgehead atoms. The molecule has 17 heavy (non-hydrogen) atoms. The Balaban J connectivity index is 2.01. The van der Waals surface area contributed by atoms with Gasteiger partial charge in [0.05, 0.1) is 11.8 Å². The molecular formula is C13H19NO3. The van der Waals surface area contributed by atoms with Crippen LogP contribution >= 0.6 is 0 Å². The molecule has 0 aromatic rings. The van der Waals surface area contributed by atoms with Crippen LogP contribution in [0.2, 0.25) is 0 Å². The van der Waals surface area contributed by atoms with Crippen LogP contribution in [0.3, 0.4) is 0 Å². The van der Waals surface area contributed by atoms with E-state index in [1.54, 1.807) is 0 Å². The van der Waals surface area contributed by atoms with Crippen molar-refractivity contribution in [1.82, 2.24) is 5.32 Å². The molecular weight excluding hydrogens is 218 g/mol. The predicted molar refractivity (Wildman–Crippen MR) is 63.3 cm³/mol. The minimum atomic E-state index is -0.836. The van der Waals surface area contributed by atoms with Crippen LogP contribution in [0.5, 0.6) is 0 Å². The van der Waals surface area contributed by atoms with Crippen molar-refractivity contribution < 1.29 is 14.7 Å². The number of carboxylic acids is 1. The van der Waals surface area contributed by atoms with E-state index in [4.69, 9.17) is 0 Å². The molecule has 0 aromatic carbocycles. The summed E-state index contributed by atoms with van der Waals surface area (Å²) in [5.74, 6) is -1.62. The largest absolute Gasteiger partial charge is 0.481 e. The van der Waals surface area contributed by atoms with Gasteiger partial charge in [0.2, 0.25) is 5.91 Å². The zero-order valence-electron chi connectivity index (χ0n) is 10.1. The summed E-state index contributed by atoms with van der Waals surface area (Å²) in [7, 11) is 0. The molecule has 0 aliphatic heterocycles. The van der Waals surface area contributed by atoms with Gasteiger partial charge in [-0.15, -0.1) is 0 Å². The molecule has 2 aliphatic carbocycles. The number of carbonyl (C=O) groups is 2. The van der Waals surface area contributed by atoms with E-state index in [-0.39, 0.29) is 23.7 Å². The minimum Gasteiger partial charge on any atom is -0.481 e. The van der Waals surface area contributed by atoms with Crippen molar-refractivity contribution in [3.8, 4) is 0 Å². The highest BCUT2D eigenvalue weighted by molar-refractivity contribution is 5.86. The van der Waals surface area contributed by atoms with Crippen molar-refractivity contribution in [1.29, 1.82) is 0 Å². The second-order valence-corrected chi connectivity index (χ2v) is 4.98. The van der Waals surface area contributed by atoms with Crippen LogP contribution in [0, 0.1) is 23.7 Å². The van der Waals surface area contributed by atoms with Crippen LogP contribution in [0.1, 0.15) is 26.2 Å². The van der Waals surface area contributed by atoms with Crippen molar-refractivity contribution in [2.24, 2.45) is 23.7 Å². The van der Waals surface area contributed by atoms with Crippen molar-refractivity contribution in [3.05, 3.63) is 12.2 Å². The van der Waals surface area contributed by atoms with Crippen molar-refractivity contribution in [2.45, 2.75) is 26.2 Å². The number of aliphatic carboxylic acids is 1. The number of unbranched alkanes of at least 4 members (excludes halogenated alkanes) is 1. The lowest BCUT2D eigenvalue weighted by molar-refractivity contribution is -0.147. The summed E-state index contributed by atoms with van der Waals surface area (Å²) in [6, 6.07) is 0. The quantitative estimate of drug-likeness (QED) is 0.561. The predicted octanol–water partition coefficient (Wildman–Crippen LogP) is 1.43. The van der Waals surface area contributed by atoms with E-state index in [1.165, 1.54) is 0 Å². The fraction of sp³-hybridized carbons (Fsp3) is 0.692. The first kappa shape index (κ1) is 12.1. The fourth-order valence-electron chi connectivity index (χ4n) is 3.02. The van der Waals surface area contributed by atoms with E-state index < -0.39 is 11.9 Å². The summed E-state index contributed by atoms with van der Waals surface area (Å²) >= 11 is 0. The zero-order valence-corrected chi connectivity index (χ0v) is 10.1. The lowest BCUT2D eigenvalue weighted by atomic mass is 9.82. The number of carbonyl (C=O) groups excluding carboxylic acids is 1. The maximum absolute atomic E-state index is 12.0. The van der Waals surface area contributed by atoms with Crippen LogP contribution in [-0.2, 0) is 9.59 Å². The van der Waals surface area contributed by atoms with Crippen LogP contribution in [0.15, 0.2) is 12.2 Å². The molecule has 4 heteroatoms. The van der Waals surface area contributed by atoms with Gasteiger partial charge in [0.1, 0.15) is 0 Å². The van der Waals surface area contributed by atoms with Gasteiger partial charge in [-0.3, -0.25) is 9.59 Å². The van der Waals surface area contributed by atoms with E-state index >= 15 is 0 Å². The average molecular weight is 237 g/mol. The molecule has 1 amide bonds. The summed E-state index contributed by atoms with van der Waals surface area (Å²) in [5, 5.41) is 12.1. The maximum Gasteiger partial charge on any atom is 0.307 e. The van der Waals surface area contributed by atoms with Crippen LogP contribution in [0.4, 0.5) is 0 Å². The lowest BCUT2D eigenvalue weighted by Gasteiger charge is -2.23. The number of fused-ring (bicyclic) bond motifs is 2. The van der Waals surface area contributed by atoms with Gasteiger partial charge < -0.3 is 10.4 Å². The summed E-state index contributed by atoms with van der Waals surface area (Å²) in [5.41, 5.74) is 0. The third-order valence-corrected chi connectivity index (χ3v) is 3.88. The van der Waals surface area contributed by atoms with Crippen molar-refractivity contribution >= 4 is 11.9 Å². The highest BCUT2D eigenvalue weighted by Gasteiger charge is 2.51. The van der Waals surface area contributed by atoms with Gasteiger partial charge in [0.25, 0.3) is 0 Å². The molecule has 0 spiro atoms. The summed E-state index contributed by atoms with van der Waals surface area (Å²) in [6.07, 6.45) is 6.76. The topological polar surface area (TPSA) is 66.4 Å². The van der Waals surface area contributed by atoms with Gasteiger partial charge in [-0.1, -0.05) is 25.5 Å². The Labute approximate surface area is 101 Å². The van der Waals surface area contributed by atoms with Crippen LogP contribution in [-0.4, -0.2) is 23.5 Å². The number of carboxylic acid groups (broad SMARTS) is 1. The average Bonchev–Trinajstić information content (AvgIpc) is 2.88. The number of hydrogen-bond donors (Lipinski definition) is 2. The number of rotatable bonds is 5. The Morgan fingerprint density at radius 1 is 1.29 bits per heavy atom. The van der Waals surface area contributed by atoms with Gasteiger partial charge in [-0.25, -0.2) is 0 Å². The molecule has 4 atom stereocenters. The first-order valence-corrected chi connectivity index (χ1v) is 6.34. The zero-order chi connectivity index (χ0) is 12.4. The molecule has 0 saturated heterocycles. The lowest BCUT2D eigenvalue weighted by Crippen LogP contribution is -2.40. The molecule has 94 valence electrons. The molecule has 0 radical (unpaired) electrons. The van der Waals surface area contributed by atoms with E-state index in [1.807, 2.05) is 12.2 Å². The highest BCUT2D eigenvalue weighted by atomic mass is 16.4. The number of allylic oxidation sites excluding steroid dienone is 2. The summed E-state index contributed by atoms with van der Waals surface area (Å²) in [6.45, 7) is 2.71. The van der Waals surface area contributed by atoms with Crippen LogP contribution < -0.4 is 5.32 Å². The molecule has 0 heterocycles. The Hall–Kier alpha value is -1.32. The summed E-state index contributed by atoms with van der Waals surface area (Å²) < 4.78 is 0. The molecule has 0 unspecified atom stereocenters. The van der Waals surface area contributed by atoms with Gasteiger partial charge in [0.15, 0.2) is 0 Å². The third kappa shape index (κ3) is 2.21. The Kier molecular flexibility index (Phi) is 3.50. The molecule has 1 fully saturated rings. The van der Waals surface area contributed by atoms with E-state index in [0.717, 1.165) is 19.3 Å². The number of nitrogens with one attached hydrogen (secondary N) is 1. The van der Waals surface area contributed by atoms with Crippen LogP contribution in [0.25, 0.3) is 0 Å². The number of amides is 1. The van der Waals surface area contributed by atoms with Gasteiger partial charge in [0, 0.05) is 6.54 Å². The first-order chi connectivity index (χ1) is 8.15. The van der Waals surface area contributed by atoms with Gasteiger partial charge in [-0.2, -0.15) is 0 Å². The molecule has 0 aromatic heterocycles.